The van der Waals surface area contributed by atoms with Crippen LogP contribution in [0.1, 0.15) is 5.56 Å². The van der Waals surface area contributed by atoms with Crippen molar-refractivity contribution in [1.29, 1.82) is 0 Å². The number of aryl methyl sites for hydroxylation is 2. The monoisotopic (exact) mass is 389 g/mol. The first-order chi connectivity index (χ1) is 14.6. The van der Waals surface area contributed by atoms with Gasteiger partial charge in [0, 0.05) is 16.8 Å². The van der Waals surface area contributed by atoms with Crippen LogP contribution in [0.5, 0.6) is 0 Å². The number of benzene rings is 4. The Labute approximate surface area is 171 Å². The van der Waals surface area contributed by atoms with Crippen molar-refractivity contribution in [2.45, 2.75) is 6.92 Å². The zero-order valence-electron chi connectivity index (χ0n) is 16.7. The molecule has 0 spiro atoms. The predicted octanol–water partition coefficient (Wildman–Crippen LogP) is 6.42. The van der Waals surface area contributed by atoms with Gasteiger partial charge in [-0.1, -0.05) is 48.5 Å². The van der Waals surface area contributed by atoms with Gasteiger partial charge in [-0.05, 0) is 40.8 Å². The first-order valence-electron chi connectivity index (χ1n) is 10.2. The van der Waals surface area contributed by atoms with E-state index in [0.717, 1.165) is 21.8 Å². The fraction of sp³-hybridized carbons (Fsp3) is 0.0741. The normalized spacial score (nSPS) is 12.5. The van der Waals surface area contributed by atoms with Gasteiger partial charge < -0.3 is 4.40 Å². The van der Waals surface area contributed by atoms with Gasteiger partial charge in [-0.15, -0.1) is 0 Å². The number of pyridine rings is 2. The van der Waals surface area contributed by atoms with Crippen molar-refractivity contribution in [3.63, 3.8) is 0 Å². The van der Waals surface area contributed by atoms with Crippen molar-refractivity contribution in [2.75, 3.05) is 0 Å². The van der Waals surface area contributed by atoms with Gasteiger partial charge in [0.15, 0.2) is 6.20 Å². The molecule has 0 N–H and O–H groups in total. The highest BCUT2D eigenvalue weighted by Crippen LogP contribution is 2.42. The molecule has 142 valence electrons. The standard InChI is InChI=1S/C27H18FN2/c1-15-18-7-4-3-6-17(18)14-22-23(15)27-24-16(12-13-29(27)2)10-11-20-19-8-5-9-21(28)25(19)30(22)26(20)24/h3-14H,1-2H3/q+1. The van der Waals surface area contributed by atoms with Gasteiger partial charge in [0.1, 0.15) is 12.9 Å². The zero-order chi connectivity index (χ0) is 20.1. The van der Waals surface area contributed by atoms with E-state index in [0.29, 0.717) is 5.52 Å². The molecule has 3 heteroatoms. The molecule has 0 radical (unpaired) electrons. The molecule has 0 unspecified atom stereocenters. The van der Waals surface area contributed by atoms with Crippen LogP contribution in [0.15, 0.2) is 72.9 Å². The van der Waals surface area contributed by atoms with E-state index < -0.39 is 0 Å². The minimum atomic E-state index is -0.183. The van der Waals surface area contributed by atoms with Crippen molar-refractivity contribution in [2.24, 2.45) is 7.05 Å². The fourth-order valence-electron chi connectivity index (χ4n) is 5.49. The van der Waals surface area contributed by atoms with Crippen LogP contribution >= 0.6 is 0 Å². The Bertz CT molecular complexity index is 1820. The van der Waals surface area contributed by atoms with E-state index >= 15 is 4.39 Å². The van der Waals surface area contributed by atoms with Gasteiger partial charge in [0.05, 0.1) is 27.3 Å². The molecule has 0 aliphatic rings. The average molecular weight is 389 g/mol. The molecule has 30 heavy (non-hydrogen) atoms. The van der Waals surface area contributed by atoms with E-state index in [-0.39, 0.29) is 5.82 Å². The summed E-state index contributed by atoms with van der Waals surface area (Å²) in [4.78, 5) is 0. The molecule has 0 saturated carbocycles. The number of para-hydroxylation sites is 1. The maximum Gasteiger partial charge on any atom is 0.224 e. The molecule has 7 aromatic rings. The van der Waals surface area contributed by atoms with E-state index in [4.69, 9.17) is 0 Å². The average Bonchev–Trinajstić information content (AvgIpc) is 3.11. The Morgan fingerprint density at radius 3 is 2.47 bits per heavy atom. The number of nitrogens with zero attached hydrogens (tertiary/aromatic N) is 2. The lowest BCUT2D eigenvalue weighted by atomic mass is 9.96. The van der Waals surface area contributed by atoms with Crippen molar-refractivity contribution in [3.05, 3.63) is 84.3 Å². The molecular formula is C27H18FN2+. The predicted molar refractivity (Wildman–Crippen MR) is 122 cm³/mol. The van der Waals surface area contributed by atoms with Crippen LogP contribution in [0.4, 0.5) is 4.39 Å². The fourth-order valence-corrected chi connectivity index (χ4v) is 5.49. The van der Waals surface area contributed by atoms with Gasteiger partial charge in [-0.3, -0.25) is 0 Å². The zero-order valence-corrected chi connectivity index (χ0v) is 16.7. The first-order valence-corrected chi connectivity index (χ1v) is 10.2. The van der Waals surface area contributed by atoms with Crippen LogP contribution in [-0.2, 0) is 7.05 Å². The summed E-state index contributed by atoms with van der Waals surface area (Å²) in [5, 5.41) is 8.03. The van der Waals surface area contributed by atoms with Crippen molar-refractivity contribution in [3.8, 4) is 0 Å². The van der Waals surface area contributed by atoms with Gasteiger partial charge in [-0.2, -0.15) is 0 Å². The summed E-state index contributed by atoms with van der Waals surface area (Å²) in [7, 11) is 2.10. The molecule has 3 aromatic heterocycles. The molecule has 0 atom stereocenters. The highest BCUT2D eigenvalue weighted by Gasteiger charge is 2.25. The lowest BCUT2D eigenvalue weighted by Gasteiger charge is -2.14. The summed E-state index contributed by atoms with van der Waals surface area (Å²) in [5.74, 6) is -0.183. The van der Waals surface area contributed by atoms with Crippen LogP contribution in [0, 0.1) is 12.7 Å². The Balaban J connectivity index is 2.00. The summed E-state index contributed by atoms with van der Waals surface area (Å²) in [6.45, 7) is 2.19. The summed E-state index contributed by atoms with van der Waals surface area (Å²) in [5.41, 5.74) is 5.24. The third-order valence-electron chi connectivity index (χ3n) is 6.77. The summed E-state index contributed by atoms with van der Waals surface area (Å²) < 4.78 is 19.6. The molecule has 4 aromatic carbocycles. The van der Waals surface area contributed by atoms with E-state index in [9.17, 15) is 0 Å². The molecule has 2 nitrogen and oxygen atoms in total. The van der Waals surface area contributed by atoms with E-state index in [1.54, 1.807) is 6.07 Å². The highest BCUT2D eigenvalue weighted by molar-refractivity contribution is 6.28. The summed E-state index contributed by atoms with van der Waals surface area (Å²) in [6.07, 6.45) is 2.13. The lowest BCUT2D eigenvalue weighted by Crippen LogP contribution is -2.28. The minimum Gasteiger partial charge on any atom is -0.305 e. The van der Waals surface area contributed by atoms with Gasteiger partial charge >= 0.3 is 0 Å². The van der Waals surface area contributed by atoms with Crippen LogP contribution in [0.2, 0.25) is 0 Å². The molecule has 0 fully saturated rings. The Morgan fingerprint density at radius 1 is 0.767 bits per heavy atom. The SMILES string of the molecule is Cc1c2ccccc2cc2c1c1c3c(ccc4c5cccc(F)c5n2c43)cc[n+]1C. The molecule has 3 heterocycles. The number of fused-ring (bicyclic) bond motifs is 7. The number of aromatic nitrogens is 2. The highest BCUT2D eigenvalue weighted by atomic mass is 19.1. The quantitative estimate of drug-likeness (QED) is 0.161. The smallest absolute Gasteiger partial charge is 0.224 e. The first kappa shape index (κ1) is 16.1. The van der Waals surface area contributed by atoms with Gasteiger partial charge in [-0.25, -0.2) is 8.96 Å². The topological polar surface area (TPSA) is 8.29 Å². The van der Waals surface area contributed by atoms with Gasteiger partial charge in [0.2, 0.25) is 5.52 Å². The third-order valence-corrected chi connectivity index (χ3v) is 6.77. The second-order valence-electron chi connectivity index (χ2n) is 8.29. The molecule has 0 saturated heterocycles. The summed E-state index contributed by atoms with van der Waals surface area (Å²) in [6, 6.07) is 22.5. The second kappa shape index (κ2) is 5.25. The minimum absolute atomic E-state index is 0.183. The van der Waals surface area contributed by atoms with E-state index in [2.05, 4.69) is 77.7 Å². The molecule has 0 bridgehead atoms. The number of hydrogen-bond acceptors (Lipinski definition) is 0. The van der Waals surface area contributed by atoms with Crippen LogP contribution in [0.25, 0.3) is 59.8 Å². The Kier molecular flexibility index (Phi) is 2.82. The van der Waals surface area contributed by atoms with Crippen LogP contribution in [-0.4, -0.2) is 4.40 Å². The molecule has 0 amide bonds. The Hall–Kier alpha value is -3.72. The van der Waals surface area contributed by atoms with E-state index in [1.807, 2.05) is 12.1 Å². The number of hydrogen-bond donors (Lipinski definition) is 0. The molecular weight excluding hydrogens is 371 g/mol. The number of rotatable bonds is 0. The molecule has 7 rings (SSSR count). The number of halogens is 1. The molecule has 0 aliphatic heterocycles. The maximum absolute atomic E-state index is 15.3. The van der Waals surface area contributed by atoms with Crippen molar-refractivity contribution < 1.29 is 8.96 Å². The van der Waals surface area contributed by atoms with Crippen molar-refractivity contribution >= 4 is 59.8 Å². The largest absolute Gasteiger partial charge is 0.305 e. The molecule has 0 aliphatic carbocycles. The Morgan fingerprint density at radius 2 is 1.57 bits per heavy atom. The maximum atomic E-state index is 15.3. The van der Waals surface area contributed by atoms with Crippen LogP contribution < -0.4 is 4.57 Å². The van der Waals surface area contributed by atoms with E-state index in [1.165, 1.54) is 38.0 Å². The lowest BCUT2D eigenvalue weighted by molar-refractivity contribution is -0.643. The van der Waals surface area contributed by atoms with Gasteiger partial charge in [0.25, 0.3) is 0 Å². The van der Waals surface area contributed by atoms with Crippen LogP contribution in [0.3, 0.4) is 0 Å². The summed E-state index contributed by atoms with van der Waals surface area (Å²) >= 11 is 0. The second-order valence-corrected chi connectivity index (χ2v) is 8.29. The van der Waals surface area contributed by atoms with Crippen molar-refractivity contribution in [1.82, 2.24) is 4.40 Å². The third kappa shape index (κ3) is 1.73.